The number of amides is 1. The molecular formula is C20H24N4O3. The molecule has 2 aromatic rings. The predicted octanol–water partition coefficient (Wildman–Crippen LogP) is 1.59. The van der Waals surface area contributed by atoms with Gasteiger partial charge in [0.1, 0.15) is 0 Å². The molecule has 1 saturated heterocycles. The first-order chi connectivity index (χ1) is 13.3. The number of ether oxygens (including phenoxy) is 2. The van der Waals surface area contributed by atoms with Gasteiger partial charge in [-0.2, -0.15) is 0 Å². The van der Waals surface area contributed by atoms with Crippen LogP contribution in [0.15, 0.2) is 24.5 Å². The minimum Gasteiger partial charge on any atom is -0.454 e. The minimum atomic E-state index is 0.0957. The minimum absolute atomic E-state index is 0.0957. The molecule has 3 aliphatic rings. The standard InChI is InChI=1S/C20H24N4O3/c25-20(15-2-3-16-17(10-15)22-12-21-16)24-7-5-23(6-8-24)11-14-1-4-18-19(9-14)27-13-26-18/h1,4,9,12,15H,2-3,5-8,10-11,13H2,(H,21,22)/t15-/m0/s1. The normalized spacial score (nSPS) is 21.9. The van der Waals surface area contributed by atoms with Gasteiger partial charge >= 0.3 is 0 Å². The van der Waals surface area contributed by atoms with Gasteiger partial charge in [-0.05, 0) is 30.5 Å². The van der Waals surface area contributed by atoms with E-state index in [0.29, 0.717) is 12.7 Å². The van der Waals surface area contributed by atoms with Crippen molar-refractivity contribution in [2.24, 2.45) is 5.92 Å². The number of aromatic nitrogens is 2. The Bertz CT molecular complexity index is 842. The quantitative estimate of drug-likeness (QED) is 0.891. The van der Waals surface area contributed by atoms with Gasteiger partial charge in [0.05, 0.1) is 12.0 Å². The summed E-state index contributed by atoms with van der Waals surface area (Å²) in [6.45, 7) is 4.59. The third-order valence-corrected chi connectivity index (χ3v) is 5.86. The Morgan fingerprint density at radius 2 is 2.04 bits per heavy atom. The maximum absolute atomic E-state index is 12.9. The number of imidazole rings is 1. The first kappa shape index (κ1) is 16.6. The van der Waals surface area contributed by atoms with Gasteiger partial charge in [0, 0.05) is 50.8 Å². The number of benzene rings is 1. The Balaban J connectivity index is 1.15. The fourth-order valence-electron chi connectivity index (χ4n) is 4.29. The molecule has 7 nitrogen and oxygen atoms in total. The molecule has 0 saturated carbocycles. The lowest BCUT2D eigenvalue weighted by Crippen LogP contribution is -2.50. The van der Waals surface area contributed by atoms with Crippen LogP contribution in [0, 0.1) is 5.92 Å². The van der Waals surface area contributed by atoms with Crippen molar-refractivity contribution in [3.05, 3.63) is 41.5 Å². The molecule has 7 heteroatoms. The lowest BCUT2D eigenvalue weighted by molar-refractivity contribution is -0.137. The second-order valence-corrected chi connectivity index (χ2v) is 7.56. The highest BCUT2D eigenvalue weighted by Crippen LogP contribution is 2.33. The number of aryl methyl sites for hydroxylation is 1. The van der Waals surface area contributed by atoms with Crippen molar-refractivity contribution in [2.75, 3.05) is 33.0 Å². The number of rotatable bonds is 3. The summed E-state index contributed by atoms with van der Waals surface area (Å²) in [5.74, 6) is 2.05. The number of carbonyl (C=O) groups excluding carboxylic acids is 1. The average Bonchev–Trinajstić information content (AvgIpc) is 3.36. The van der Waals surface area contributed by atoms with E-state index in [4.69, 9.17) is 9.47 Å². The number of hydrogen-bond donors (Lipinski definition) is 1. The van der Waals surface area contributed by atoms with Crippen molar-refractivity contribution in [1.29, 1.82) is 0 Å². The third kappa shape index (κ3) is 3.27. The molecule has 1 aromatic heterocycles. The molecule has 0 spiro atoms. The van der Waals surface area contributed by atoms with Gasteiger partial charge in [-0.25, -0.2) is 4.98 Å². The number of hydrogen-bond acceptors (Lipinski definition) is 5. The van der Waals surface area contributed by atoms with Gasteiger partial charge in [-0.3, -0.25) is 9.69 Å². The molecule has 5 rings (SSSR count). The Morgan fingerprint density at radius 3 is 2.93 bits per heavy atom. The number of carbonyl (C=O) groups is 1. The molecule has 1 N–H and O–H groups in total. The molecule has 1 aliphatic carbocycles. The van der Waals surface area contributed by atoms with Gasteiger partial charge in [0.25, 0.3) is 0 Å². The van der Waals surface area contributed by atoms with E-state index in [0.717, 1.165) is 74.9 Å². The van der Waals surface area contributed by atoms with Crippen molar-refractivity contribution >= 4 is 5.91 Å². The highest BCUT2D eigenvalue weighted by Gasteiger charge is 2.31. The largest absolute Gasteiger partial charge is 0.454 e. The zero-order valence-electron chi connectivity index (χ0n) is 15.3. The molecule has 2 aliphatic heterocycles. The molecule has 1 aromatic carbocycles. The number of nitrogens with zero attached hydrogens (tertiary/aromatic N) is 3. The number of fused-ring (bicyclic) bond motifs is 2. The fourth-order valence-corrected chi connectivity index (χ4v) is 4.29. The van der Waals surface area contributed by atoms with Gasteiger partial charge < -0.3 is 19.4 Å². The van der Waals surface area contributed by atoms with E-state index in [9.17, 15) is 4.79 Å². The lowest BCUT2D eigenvalue weighted by atomic mass is 9.88. The lowest BCUT2D eigenvalue weighted by Gasteiger charge is -2.37. The first-order valence-corrected chi connectivity index (χ1v) is 9.67. The number of aromatic amines is 1. The highest BCUT2D eigenvalue weighted by molar-refractivity contribution is 5.79. The van der Waals surface area contributed by atoms with Gasteiger partial charge in [-0.1, -0.05) is 6.07 Å². The summed E-state index contributed by atoms with van der Waals surface area (Å²) in [6, 6.07) is 6.13. The molecular weight excluding hydrogens is 344 g/mol. The first-order valence-electron chi connectivity index (χ1n) is 9.67. The van der Waals surface area contributed by atoms with Crippen LogP contribution < -0.4 is 9.47 Å². The fraction of sp³-hybridized carbons (Fsp3) is 0.500. The van der Waals surface area contributed by atoms with E-state index < -0.39 is 0 Å². The van der Waals surface area contributed by atoms with Crippen LogP contribution in [-0.2, 0) is 24.2 Å². The maximum atomic E-state index is 12.9. The van der Waals surface area contributed by atoms with Crippen molar-refractivity contribution in [1.82, 2.24) is 19.8 Å². The van der Waals surface area contributed by atoms with Crippen LogP contribution in [0.3, 0.4) is 0 Å². The van der Waals surface area contributed by atoms with E-state index in [1.54, 1.807) is 6.33 Å². The van der Waals surface area contributed by atoms with E-state index in [-0.39, 0.29) is 5.92 Å². The van der Waals surface area contributed by atoms with Gasteiger partial charge in [0.2, 0.25) is 12.7 Å². The van der Waals surface area contributed by atoms with Crippen LogP contribution in [0.4, 0.5) is 0 Å². The summed E-state index contributed by atoms with van der Waals surface area (Å²) in [6.07, 6.45) is 4.35. The molecule has 1 fully saturated rings. The zero-order valence-corrected chi connectivity index (χ0v) is 15.3. The Morgan fingerprint density at radius 1 is 1.19 bits per heavy atom. The smallest absolute Gasteiger partial charge is 0.231 e. The van der Waals surface area contributed by atoms with E-state index in [1.807, 2.05) is 11.0 Å². The van der Waals surface area contributed by atoms with Gasteiger partial charge in [-0.15, -0.1) is 0 Å². The molecule has 0 radical (unpaired) electrons. The molecule has 27 heavy (non-hydrogen) atoms. The van der Waals surface area contributed by atoms with Crippen molar-refractivity contribution in [2.45, 2.75) is 25.8 Å². The zero-order chi connectivity index (χ0) is 18.2. The molecule has 0 unspecified atom stereocenters. The van der Waals surface area contributed by atoms with Crippen LogP contribution in [0.25, 0.3) is 0 Å². The summed E-state index contributed by atoms with van der Waals surface area (Å²) in [5, 5.41) is 0. The highest BCUT2D eigenvalue weighted by atomic mass is 16.7. The topological polar surface area (TPSA) is 70.7 Å². The van der Waals surface area contributed by atoms with E-state index >= 15 is 0 Å². The maximum Gasteiger partial charge on any atom is 0.231 e. The molecule has 0 bridgehead atoms. The van der Waals surface area contributed by atoms with E-state index in [1.165, 1.54) is 5.56 Å². The Labute approximate surface area is 158 Å². The molecule has 142 valence electrons. The summed E-state index contributed by atoms with van der Waals surface area (Å²) in [7, 11) is 0. The van der Waals surface area contributed by atoms with Crippen LogP contribution in [-0.4, -0.2) is 58.6 Å². The molecule has 1 atom stereocenters. The Hall–Kier alpha value is -2.54. The van der Waals surface area contributed by atoms with Crippen LogP contribution in [0.5, 0.6) is 11.5 Å². The monoisotopic (exact) mass is 368 g/mol. The summed E-state index contributed by atoms with van der Waals surface area (Å²) >= 11 is 0. The van der Waals surface area contributed by atoms with Crippen LogP contribution in [0.1, 0.15) is 23.4 Å². The second-order valence-electron chi connectivity index (χ2n) is 7.56. The van der Waals surface area contributed by atoms with Gasteiger partial charge in [0.15, 0.2) is 11.5 Å². The molecule has 3 heterocycles. The summed E-state index contributed by atoms with van der Waals surface area (Å²) < 4.78 is 10.8. The average molecular weight is 368 g/mol. The second kappa shape index (κ2) is 6.88. The summed E-state index contributed by atoms with van der Waals surface area (Å²) in [5.41, 5.74) is 3.49. The predicted molar refractivity (Wildman–Crippen MR) is 98.5 cm³/mol. The summed E-state index contributed by atoms with van der Waals surface area (Å²) in [4.78, 5) is 24.9. The van der Waals surface area contributed by atoms with Crippen molar-refractivity contribution < 1.29 is 14.3 Å². The SMILES string of the molecule is O=C([C@H]1CCc2nc[nH]c2C1)N1CCN(Cc2ccc3c(c2)OCO3)CC1. The number of piperazine rings is 1. The number of nitrogens with one attached hydrogen (secondary N) is 1. The number of H-pyrrole nitrogens is 1. The van der Waals surface area contributed by atoms with Crippen molar-refractivity contribution in [3.63, 3.8) is 0 Å². The van der Waals surface area contributed by atoms with Crippen LogP contribution in [0.2, 0.25) is 0 Å². The molecule has 1 amide bonds. The van der Waals surface area contributed by atoms with Crippen molar-refractivity contribution in [3.8, 4) is 11.5 Å². The Kier molecular flexibility index (Phi) is 4.24. The van der Waals surface area contributed by atoms with Crippen LogP contribution >= 0.6 is 0 Å². The third-order valence-electron chi connectivity index (χ3n) is 5.86. The van der Waals surface area contributed by atoms with E-state index in [2.05, 4.69) is 27.0 Å².